The maximum atomic E-state index is 5.75. The molecule has 0 radical (unpaired) electrons. The number of hydrogen-bond acceptors (Lipinski definition) is 4. The van der Waals surface area contributed by atoms with Crippen molar-refractivity contribution in [2.75, 3.05) is 9.80 Å². The topological polar surface area (TPSA) is 32.3 Å². The van der Waals surface area contributed by atoms with Crippen molar-refractivity contribution in [2.24, 2.45) is 0 Å². The van der Waals surface area contributed by atoms with Gasteiger partial charge in [0.05, 0.1) is 11.2 Å². The lowest BCUT2D eigenvalue weighted by Gasteiger charge is -2.44. The number of para-hydroxylation sites is 3. The van der Waals surface area contributed by atoms with Crippen molar-refractivity contribution >= 4 is 111 Å². The van der Waals surface area contributed by atoms with E-state index in [0.717, 1.165) is 84.1 Å². The number of anilines is 6. The van der Waals surface area contributed by atoms with Gasteiger partial charge in [0.15, 0.2) is 5.82 Å². The molecule has 0 atom stereocenters. The molecule has 0 fully saturated rings. The number of fused-ring (bicyclic) bond motifs is 9. The van der Waals surface area contributed by atoms with Crippen LogP contribution in [0.2, 0.25) is 0 Å². The molecule has 356 valence electrons. The standard InChI is InChI=1S/C72H45BN4/c1-5-19-46(20-6-1)52-37-53(47-21-7-2-8-22-47)39-58(38-52)71-62-31-17-18-32-65(62)74-72(75-71)59-44-68-70-69(45-59)77(61-29-11-4-12-30-61)67-43-57-36-51-26-16-14-24-49(51)34-55(57)41-64(67)73(70)63-40-54-33-48-23-13-15-25-50(48)35-56(54)42-66(63)76(68)60-27-9-3-10-28-60/h1-45H. The van der Waals surface area contributed by atoms with Gasteiger partial charge in [-0.05, 0) is 179 Å². The summed E-state index contributed by atoms with van der Waals surface area (Å²) in [7, 11) is 0. The van der Waals surface area contributed by atoms with Gasteiger partial charge in [-0.2, -0.15) is 0 Å². The summed E-state index contributed by atoms with van der Waals surface area (Å²) in [4.78, 5) is 16.3. The molecule has 14 aromatic rings. The molecule has 2 aliphatic rings. The van der Waals surface area contributed by atoms with Gasteiger partial charge in [0, 0.05) is 50.6 Å². The minimum absolute atomic E-state index is 0.115. The monoisotopic (exact) mass is 976 g/mol. The van der Waals surface area contributed by atoms with Crippen LogP contribution in [-0.2, 0) is 0 Å². The van der Waals surface area contributed by atoms with E-state index in [1.165, 1.54) is 59.5 Å². The van der Waals surface area contributed by atoms with Crippen LogP contribution in [0.3, 0.4) is 0 Å². The molecule has 3 heterocycles. The molecule has 77 heavy (non-hydrogen) atoms. The molecule has 0 bridgehead atoms. The first-order valence-corrected chi connectivity index (χ1v) is 26.5. The summed E-state index contributed by atoms with van der Waals surface area (Å²) >= 11 is 0. The van der Waals surface area contributed by atoms with Crippen LogP contribution in [0.15, 0.2) is 273 Å². The summed E-state index contributed by atoms with van der Waals surface area (Å²) in [6.07, 6.45) is 0. The summed E-state index contributed by atoms with van der Waals surface area (Å²) in [5.74, 6) is 0.660. The fourth-order valence-electron chi connectivity index (χ4n) is 12.5. The largest absolute Gasteiger partial charge is 0.311 e. The third-order valence-corrected chi connectivity index (χ3v) is 16.0. The fourth-order valence-corrected chi connectivity index (χ4v) is 12.5. The van der Waals surface area contributed by atoms with Crippen molar-refractivity contribution in [3.63, 3.8) is 0 Å². The van der Waals surface area contributed by atoms with E-state index in [2.05, 4.69) is 283 Å². The number of benzene rings is 13. The molecule has 13 aromatic carbocycles. The van der Waals surface area contributed by atoms with Gasteiger partial charge in [0.1, 0.15) is 0 Å². The Balaban J connectivity index is 1.01. The lowest BCUT2D eigenvalue weighted by molar-refractivity contribution is 1.21. The highest BCUT2D eigenvalue weighted by Crippen LogP contribution is 2.48. The fraction of sp³-hybridized carbons (Fsp3) is 0. The molecule has 0 spiro atoms. The summed E-state index contributed by atoms with van der Waals surface area (Å²) in [5.41, 5.74) is 18.7. The van der Waals surface area contributed by atoms with Gasteiger partial charge in [-0.15, -0.1) is 0 Å². The van der Waals surface area contributed by atoms with Crippen LogP contribution in [0.4, 0.5) is 34.1 Å². The molecule has 0 unspecified atom stereocenters. The maximum absolute atomic E-state index is 5.75. The predicted molar refractivity (Wildman–Crippen MR) is 325 cm³/mol. The van der Waals surface area contributed by atoms with Gasteiger partial charge >= 0.3 is 0 Å². The van der Waals surface area contributed by atoms with Crippen molar-refractivity contribution < 1.29 is 0 Å². The highest BCUT2D eigenvalue weighted by molar-refractivity contribution is 7.00. The van der Waals surface area contributed by atoms with Crippen molar-refractivity contribution in [1.29, 1.82) is 0 Å². The summed E-state index contributed by atoms with van der Waals surface area (Å²) < 4.78 is 0. The van der Waals surface area contributed by atoms with E-state index < -0.39 is 0 Å². The Morgan fingerprint density at radius 3 is 1.16 bits per heavy atom. The SMILES string of the molecule is c1ccc(-c2cc(-c3ccccc3)cc(-c3nc(-c4cc5c6c(c4)N(c4ccccc4)c4cc7cc8ccccc8cc7cc4B6c4cc6cc7ccccc7cc6cc4N5c4ccccc4)nc4ccccc34)c2)cc1. The van der Waals surface area contributed by atoms with E-state index in [-0.39, 0.29) is 6.71 Å². The molecule has 2 aliphatic heterocycles. The lowest BCUT2D eigenvalue weighted by Crippen LogP contribution is -2.61. The van der Waals surface area contributed by atoms with Gasteiger partial charge in [-0.25, -0.2) is 9.97 Å². The minimum atomic E-state index is -0.115. The molecular formula is C72H45BN4. The molecule has 16 rings (SSSR count). The van der Waals surface area contributed by atoms with E-state index in [4.69, 9.17) is 9.97 Å². The van der Waals surface area contributed by atoms with Crippen LogP contribution in [0.25, 0.3) is 98.9 Å². The summed E-state index contributed by atoms with van der Waals surface area (Å²) in [6.45, 7) is -0.115. The van der Waals surface area contributed by atoms with E-state index in [0.29, 0.717) is 5.82 Å². The van der Waals surface area contributed by atoms with Crippen molar-refractivity contribution in [3.05, 3.63) is 273 Å². The van der Waals surface area contributed by atoms with E-state index in [1.54, 1.807) is 0 Å². The van der Waals surface area contributed by atoms with Crippen LogP contribution in [0, 0.1) is 0 Å². The van der Waals surface area contributed by atoms with Gasteiger partial charge < -0.3 is 9.80 Å². The lowest BCUT2D eigenvalue weighted by atomic mass is 9.33. The summed E-state index contributed by atoms with van der Waals surface area (Å²) in [6, 6.07) is 100. The van der Waals surface area contributed by atoms with Gasteiger partial charge in [0.25, 0.3) is 6.71 Å². The van der Waals surface area contributed by atoms with E-state index in [9.17, 15) is 0 Å². The van der Waals surface area contributed by atoms with Crippen LogP contribution in [0.1, 0.15) is 0 Å². The number of aromatic nitrogens is 2. The molecule has 0 saturated heterocycles. The zero-order valence-corrected chi connectivity index (χ0v) is 41.8. The molecule has 0 aliphatic carbocycles. The van der Waals surface area contributed by atoms with Gasteiger partial charge in [-0.1, -0.05) is 176 Å². The first-order chi connectivity index (χ1) is 38.1. The molecule has 0 saturated carbocycles. The zero-order chi connectivity index (χ0) is 50.6. The van der Waals surface area contributed by atoms with E-state index in [1.807, 2.05) is 0 Å². The molecule has 0 amide bonds. The first-order valence-electron chi connectivity index (χ1n) is 26.5. The molecule has 0 N–H and O–H groups in total. The number of nitrogens with zero attached hydrogens (tertiary/aromatic N) is 4. The second-order valence-corrected chi connectivity index (χ2v) is 20.6. The normalized spacial score (nSPS) is 12.6. The van der Waals surface area contributed by atoms with Crippen molar-refractivity contribution in [3.8, 4) is 44.9 Å². The quantitative estimate of drug-likeness (QED) is 0.123. The third kappa shape index (κ3) is 7.09. The smallest absolute Gasteiger partial charge is 0.252 e. The van der Waals surface area contributed by atoms with Crippen LogP contribution in [-0.4, -0.2) is 16.7 Å². The predicted octanol–water partition coefficient (Wildman–Crippen LogP) is 17.0. The van der Waals surface area contributed by atoms with Gasteiger partial charge in [-0.3, -0.25) is 0 Å². The Morgan fingerprint density at radius 2 is 0.675 bits per heavy atom. The number of hydrogen-bond donors (Lipinski definition) is 0. The van der Waals surface area contributed by atoms with Crippen LogP contribution in [0.5, 0.6) is 0 Å². The summed E-state index contributed by atoms with van der Waals surface area (Å²) in [5, 5.41) is 10.8. The molecule has 1 aromatic heterocycles. The second-order valence-electron chi connectivity index (χ2n) is 20.6. The van der Waals surface area contributed by atoms with Crippen molar-refractivity contribution in [1.82, 2.24) is 9.97 Å². The van der Waals surface area contributed by atoms with E-state index >= 15 is 0 Å². The number of rotatable bonds is 6. The molecular weight excluding hydrogens is 932 g/mol. The highest BCUT2D eigenvalue weighted by Gasteiger charge is 2.44. The minimum Gasteiger partial charge on any atom is -0.311 e. The maximum Gasteiger partial charge on any atom is 0.252 e. The van der Waals surface area contributed by atoms with Gasteiger partial charge in [0.2, 0.25) is 0 Å². The first kappa shape index (κ1) is 43.3. The molecule has 4 nitrogen and oxygen atoms in total. The average molecular weight is 977 g/mol. The highest BCUT2D eigenvalue weighted by atomic mass is 15.2. The Bertz CT molecular complexity index is 4450. The Kier molecular flexibility index (Phi) is 9.70. The molecule has 5 heteroatoms. The van der Waals surface area contributed by atoms with Crippen molar-refractivity contribution in [2.45, 2.75) is 0 Å². The Hall–Kier alpha value is -10.1. The van der Waals surface area contributed by atoms with Crippen LogP contribution >= 0.6 is 0 Å². The Labute approximate surface area is 446 Å². The second kappa shape index (κ2) is 17.2. The Morgan fingerprint density at radius 1 is 0.273 bits per heavy atom. The third-order valence-electron chi connectivity index (χ3n) is 16.0. The van der Waals surface area contributed by atoms with Crippen LogP contribution < -0.4 is 26.2 Å². The zero-order valence-electron chi connectivity index (χ0n) is 41.8. The average Bonchev–Trinajstić information content (AvgIpc) is 3.51.